The standard InChI is InChI=1S/C23H25ClN4O2S/c1-15-8-9-17(13-20(15)24)26-23(29)22-19-11-10-18(12-16-6-4-3-5-7-16)27-31(25,30)21(19)14-28(22)2/h3-9,13-14,18H,10-12H2,1-2H3,(H,26,29)(H2,25,27,30)/t18-,31?/m0/s1. The molecule has 0 spiro atoms. The molecule has 2 atom stereocenters. The lowest BCUT2D eigenvalue weighted by atomic mass is 9.99. The highest BCUT2D eigenvalue weighted by Crippen LogP contribution is 2.29. The van der Waals surface area contributed by atoms with Crippen LogP contribution in [0.15, 0.2) is 59.6 Å². The molecule has 1 amide bonds. The zero-order chi connectivity index (χ0) is 22.2. The second kappa shape index (κ2) is 8.49. The van der Waals surface area contributed by atoms with Gasteiger partial charge in [-0.15, -0.1) is 0 Å². The molecule has 0 aliphatic carbocycles. The quantitative estimate of drug-likeness (QED) is 0.531. The molecule has 0 radical (unpaired) electrons. The van der Waals surface area contributed by atoms with Gasteiger partial charge in [0, 0.05) is 35.6 Å². The summed E-state index contributed by atoms with van der Waals surface area (Å²) in [6.07, 6.45) is 3.56. The Bertz CT molecular complexity index is 1240. The normalized spacial score (nSPS) is 20.7. The van der Waals surface area contributed by atoms with E-state index in [0.717, 1.165) is 11.1 Å². The van der Waals surface area contributed by atoms with Crippen molar-refractivity contribution in [2.75, 3.05) is 5.32 Å². The minimum Gasteiger partial charge on any atom is -0.345 e. The number of nitrogens with one attached hydrogen (secondary N) is 3. The van der Waals surface area contributed by atoms with E-state index in [2.05, 4.69) is 10.0 Å². The summed E-state index contributed by atoms with van der Waals surface area (Å²) in [6.45, 7) is 1.90. The van der Waals surface area contributed by atoms with Crippen molar-refractivity contribution in [3.63, 3.8) is 0 Å². The van der Waals surface area contributed by atoms with E-state index in [1.54, 1.807) is 29.9 Å². The number of aryl methyl sites for hydroxylation is 2. The number of hydrogen-bond acceptors (Lipinski definition) is 3. The molecule has 162 valence electrons. The van der Waals surface area contributed by atoms with Gasteiger partial charge in [-0.1, -0.05) is 48.0 Å². The first-order chi connectivity index (χ1) is 14.7. The fraction of sp³-hybridized carbons (Fsp3) is 0.261. The van der Waals surface area contributed by atoms with Gasteiger partial charge < -0.3 is 9.88 Å². The molecule has 8 heteroatoms. The molecular formula is C23H25ClN4O2S. The van der Waals surface area contributed by atoms with Crippen LogP contribution in [-0.2, 0) is 29.8 Å². The molecule has 0 saturated carbocycles. The van der Waals surface area contributed by atoms with Crippen molar-refractivity contribution in [2.24, 2.45) is 7.05 Å². The number of halogens is 1. The molecule has 0 saturated heterocycles. The number of rotatable bonds is 4. The van der Waals surface area contributed by atoms with Gasteiger partial charge >= 0.3 is 0 Å². The summed E-state index contributed by atoms with van der Waals surface area (Å²) in [5.74, 6) is -0.305. The molecule has 3 N–H and O–H groups in total. The van der Waals surface area contributed by atoms with Crippen LogP contribution in [0.2, 0.25) is 5.02 Å². The maximum atomic E-state index is 13.3. The van der Waals surface area contributed by atoms with Gasteiger partial charge in [-0.05, 0) is 49.4 Å². The van der Waals surface area contributed by atoms with Gasteiger partial charge in [-0.25, -0.2) is 13.7 Å². The maximum Gasteiger partial charge on any atom is 0.272 e. The Kier molecular flexibility index (Phi) is 5.92. The highest BCUT2D eigenvalue weighted by Gasteiger charge is 2.31. The first kappa shape index (κ1) is 21.6. The highest BCUT2D eigenvalue weighted by atomic mass is 35.5. The van der Waals surface area contributed by atoms with E-state index in [4.69, 9.17) is 16.4 Å². The molecule has 4 rings (SSSR count). The minimum atomic E-state index is -3.24. The van der Waals surface area contributed by atoms with Gasteiger partial charge in [-0.2, -0.15) is 0 Å². The lowest BCUT2D eigenvalue weighted by Crippen LogP contribution is -2.34. The fourth-order valence-corrected chi connectivity index (χ4v) is 5.84. The van der Waals surface area contributed by atoms with E-state index in [-0.39, 0.29) is 11.9 Å². The predicted molar refractivity (Wildman–Crippen MR) is 124 cm³/mol. The molecule has 1 unspecified atom stereocenters. The number of nitrogens with zero attached hydrogens (tertiary/aromatic N) is 1. The van der Waals surface area contributed by atoms with Gasteiger partial charge in [0.1, 0.15) is 15.6 Å². The van der Waals surface area contributed by atoms with Crippen LogP contribution >= 0.6 is 11.6 Å². The Morgan fingerprint density at radius 3 is 2.74 bits per heavy atom. The van der Waals surface area contributed by atoms with Gasteiger partial charge in [0.15, 0.2) is 0 Å². The molecular weight excluding hydrogens is 432 g/mol. The maximum absolute atomic E-state index is 13.3. The van der Waals surface area contributed by atoms with E-state index in [9.17, 15) is 9.00 Å². The zero-order valence-corrected chi connectivity index (χ0v) is 19.0. The summed E-state index contributed by atoms with van der Waals surface area (Å²) in [4.78, 5) is 13.5. The number of amides is 1. The monoisotopic (exact) mass is 456 g/mol. The summed E-state index contributed by atoms with van der Waals surface area (Å²) >= 11 is 6.18. The van der Waals surface area contributed by atoms with Crippen molar-refractivity contribution in [3.8, 4) is 0 Å². The number of aromatic nitrogens is 1. The summed E-state index contributed by atoms with van der Waals surface area (Å²) in [7, 11) is -1.50. The first-order valence-electron chi connectivity index (χ1n) is 10.1. The summed E-state index contributed by atoms with van der Waals surface area (Å²) in [6, 6.07) is 15.2. The Morgan fingerprint density at radius 2 is 2.03 bits per heavy atom. The van der Waals surface area contributed by atoms with Gasteiger partial charge in [0.05, 0.1) is 4.90 Å². The third-order valence-electron chi connectivity index (χ3n) is 5.60. The average molecular weight is 457 g/mol. The molecule has 2 aromatic carbocycles. The van der Waals surface area contributed by atoms with Crippen LogP contribution in [0, 0.1) is 11.7 Å². The largest absolute Gasteiger partial charge is 0.345 e. The summed E-state index contributed by atoms with van der Waals surface area (Å²) < 4.78 is 26.5. The number of benzene rings is 2. The Labute approximate surface area is 187 Å². The van der Waals surface area contributed by atoms with Crippen LogP contribution in [0.25, 0.3) is 0 Å². The number of fused-ring (bicyclic) bond motifs is 1. The number of anilines is 1. The Hall–Kier alpha value is -2.61. The average Bonchev–Trinajstić information content (AvgIpc) is 3.01. The van der Waals surface area contributed by atoms with Crippen LogP contribution in [0.5, 0.6) is 0 Å². The third-order valence-corrected chi connectivity index (χ3v) is 7.65. The van der Waals surface area contributed by atoms with E-state index >= 15 is 0 Å². The topological polar surface area (TPSA) is 87.0 Å². The molecule has 0 bridgehead atoms. The van der Waals surface area contributed by atoms with Crippen LogP contribution < -0.4 is 10.0 Å². The molecule has 1 aromatic heterocycles. The second-order valence-electron chi connectivity index (χ2n) is 7.95. The number of carbonyl (C=O) groups excluding carboxylic acids is 1. The van der Waals surface area contributed by atoms with E-state index in [1.807, 2.05) is 43.3 Å². The first-order valence-corrected chi connectivity index (χ1v) is 12.0. The minimum absolute atomic E-state index is 0.114. The van der Waals surface area contributed by atoms with Crippen LogP contribution in [0.1, 0.15) is 33.6 Å². The lowest BCUT2D eigenvalue weighted by molar-refractivity contribution is 0.101. The van der Waals surface area contributed by atoms with Crippen molar-refractivity contribution < 1.29 is 9.00 Å². The van der Waals surface area contributed by atoms with E-state index in [0.29, 0.717) is 46.1 Å². The molecule has 31 heavy (non-hydrogen) atoms. The van der Waals surface area contributed by atoms with Gasteiger partial charge in [0.25, 0.3) is 5.91 Å². The van der Waals surface area contributed by atoms with Crippen molar-refractivity contribution in [1.82, 2.24) is 9.29 Å². The molecule has 1 aliphatic rings. The predicted octanol–water partition coefficient (Wildman–Crippen LogP) is 4.71. The fourth-order valence-electron chi connectivity index (χ4n) is 4.01. The van der Waals surface area contributed by atoms with Crippen LogP contribution in [0.4, 0.5) is 5.69 Å². The lowest BCUT2D eigenvalue weighted by Gasteiger charge is -2.17. The van der Waals surface area contributed by atoms with E-state index < -0.39 is 9.92 Å². The molecule has 3 aromatic rings. The summed E-state index contributed by atoms with van der Waals surface area (Å²) in [5.41, 5.74) is 3.74. The smallest absolute Gasteiger partial charge is 0.272 e. The van der Waals surface area contributed by atoms with Crippen molar-refractivity contribution in [3.05, 3.63) is 82.1 Å². The molecule has 1 aliphatic heterocycles. The van der Waals surface area contributed by atoms with Crippen LogP contribution in [-0.4, -0.2) is 20.7 Å². The number of carbonyl (C=O) groups is 1. The zero-order valence-electron chi connectivity index (χ0n) is 17.4. The van der Waals surface area contributed by atoms with Crippen LogP contribution in [0.3, 0.4) is 0 Å². The van der Waals surface area contributed by atoms with Crippen molar-refractivity contribution >= 4 is 33.1 Å². The molecule has 2 heterocycles. The molecule has 6 nitrogen and oxygen atoms in total. The van der Waals surface area contributed by atoms with Gasteiger partial charge in [0.2, 0.25) is 0 Å². The van der Waals surface area contributed by atoms with E-state index in [1.165, 1.54) is 0 Å². The highest BCUT2D eigenvalue weighted by molar-refractivity contribution is 7.90. The third kappa shape index (κ3) is 4.54. The SMILES string of the molecule is Cc1ccc(NC(=O)c2c3c(cn2C)S(=N)(=O)N[C@H](Cc2ccccc2)CC3)cc1Cl. The Morgan fingerprint density at radius 1 is 1.29 bits per heavy atom. The Balaban J connectivity index is 1.62. The second-order valence-corrected chi connectivity index (χ2v) is 10.1. The van der Waals surface area contributed by atoms with Gasteiger partial charge in [-0.3, -0.25) is 4.79 Å². The van der Waals surface area contributed by atoms with Crippen molar-refractivity contribution in [2.45, 2.75) is 37.1 Å². The summed E-state index contributed by atoms with van der Waals surface area (Å²) in [5, 5.41) is 3.46. The van der Waals surface area contributed by atoms with Crippen molar-refractivity contribution in [1.29, 1.82) is 4.78 Å². The number of hydrogen-bond donors (Lipinski definition) is 3. The molecule has 0 fully saturated rings.